The molecule has 1 saturated heterocycles. The number of nitrogens with zero attached hydrogens (tertiary/aromatic N) is 4. The van der Waals surface area contributed by atoms with Crippen molar-refractivity contribution >= 4 is 10.0 Å². The van der Waals surface area contributed by atoms with E-state index in [-0.39, 0.29) is 4.90 Å². The Hall–Kier alpha value is -1.90. The van der Waals surface area contributed by atoms with Gasteiger partial charge in [0.25, 0.3) is 0 Å². The minimum absolute atomic E-state index is 0.286. The Bertz CT molecular complexity index is 811. The van der Waals surface area contributed by atoms with E-state index in [2.05, 4.69) is 14.5 Å². The van der Waals surface area contributed by atoms with Crippen LogP contribution in [0.4, 0.5) is 0 Å². The molecule has 1 aromatic heterocycles. The molecule has 1 aromatic carbocycles. The zero-order valence-electron chi connectivity index (χ0n) is 14.6. The molecule has 2 heterocycles. The van der Waals surface area contributed by atoms with Crippen molar-refractivity contribution in [3.8, 4) is 5.75 Å². The van der Waals surface area contributed by atoms with Crippen molar-refractivity contribution in [1.29, 1.82) is 0 Å². The number of imidazole rings is 1. The van der Waals surface area contributed by atoms with Crippen LogP contribution in [0.15, 0.2) is 41.6 Å². The lowest BCUT2D eigenvalue weighted by molar-refractivity contribution is 0.182. The van der Waals surface area contributed by atoms with Crippen LogP contribution < -0.4 is 4.74 Å². The van der Waals surface area contributed by atoms with Gasteiger partial charge in [-0.2, -0.15) is 4.31 Å². The van der Waals surface area contributed by atoms with Crippen molar-refractivity contribution in [3.63, 3.8) is 0 Å². The van der Waals surface area contributed by atoms with Crippen molar-refractivity contribution in [2.45, 2.75) is 18.4 Å². The van der Waals surface area contributed by atoms with Crippen LogP contribution in [0.5, 0.6) is 5.75 Å². The molecule has 0 unspecified atom stereocenters. The molecule has 0 amide bonds. The van der Waals surface area contributed by atoms with E-state index in [1.807, 2.05) is 13.1 Å². The molecule has 0 saturated carbocycles. The number of hydrogen-bond acceptors (Lipinski definition) is 5. The van der Waals surface area contributed by atoms with Crippen LogP contribution in [-0.4, -0.2) is 67.0 Å². The van der Waals surface area contributed by atoms with E-state index in [0.717, 1.165) is 32.0 Å². The van der Waals surface area contributed by atoms with Gasteiger partial charge in [0, 0.05) is 57.7 Å². The summed E-state index contributed by atoms with van der Waals surface area (Å²) < 4.78 is 34.4. The molecule has 1 fully saturated rings. The predicted octanol–water partition coefficient (Wildman–Crippen LogP) is 1.21. The monoisotopic (exact) mass is 364 g/mol. The molecular weight excluding hydrogens is 340 g/mol. The highest BCUT2D eigenvalue weighted by Crippen LogP contribution is 2.21. The minimum atomic E-state index is -3.47. The smallest absolute Gasteiger partial charge is 0.243 e. The predicted molar refractivity (Wildman–Crippen MR) is 95.2 cm³/mol. The molecule has 25 heavy (non-hydrogen) atoms. The summed E-state index contributed by atoms with van der Waals surface area (Å²) in [5, 5.41) is 0. The third-order valence-electron chi connectivity index (χ3n) is 4.59. The summed E-state index contributed by atoms with van der Waals surface area (Å²) in [5.74, 6) is 1.55. The van der Waals surface area contributed by atoms with E-state index in [9.17, 15) is 8.42 Å². The number of aromatic nitrogens is 2. The molecular formula is C17H24N4O3S. The Kier molecular flexibility index (Phi) is 5.41. The third kappa shape index (κ3) is 4.02. The topological polar surface area (TPSA) is 67.7 Å². The van der Waals surface area contributed by atoms with E-state index in [4.69, 9.17) is 4.74 Å². The zero-order chi connectivity index (χ0) is 17.9. The van der Waals surface area contributed by atoms with Crippen LogP contribution in [0, 0.1) is 6.92 Å². The number of rotatable bonds is 6. The average Bonchev–Trinajstić information content (AvgIpc) is 3.05. The maximum Gasteiger partial charge on any atom is 0.243 e. The first-order valence-corrected chi connectivity index (χ1v) is 9.79. The van der Waals surface area contributed by atoms with E-state index in [1.165, 1.54) is 7.11 Å². The third-order valence-corrected chi connectivity index (χ3v) is 6.49. The summed E-state index contributed by atoms with van der Waals surface area (Å²) in [6, 6.07) is 6.64. The van der Waals surface area contributed by atoms with E-state index in [1.54, 1.807) is 34.8 Å². The Morgan fingerprint density at radius 3 is 2.56 bits per heavy atom. The van der Waals surface area contributed by atoms with E-state index < -0.39 is 10.0 Å². The SMILES string of the molecule is COc1cccc(S(=O)(=O)N2CCN(CCn3ccnc3C)CC2)c1. The average molecular weight is 364 g/mol. The van der Waals surface area contributed by atoms with Gasteiger partial charge < -0.3 is 9.30 Å². The second-order valence-corrected chi connectivity index (χ2v) is 8.03. The highest BCUT2D eigenvalue weighted by Gasteiger charge is 2.28. The van der Waals surface area contributed by atoms with Gasteiger partial charge in [0.2, 0.25) is 10.0 Å². The maximum absolute atomic E-state index is 12.8. The second-order valence-electron chi connectivity index (χ2n) is 6.09. The van der Waals surface area contributed by atoms with Crippen molar-refractivity contribution < 1.29 is 13.2 Å². The lowest BCUT2D eigenvalue weighted by Crippen LogP contribution is -2.49. The maximum atomic E-state index is 12.8. The van der Waals surface area contributed by atoms with E-state index in [0.29, 0.717) is 18.8 Å². The van der Waals surface area contributed by atoms with Gasteiger partial charge in [-0.05, 0) is 19.1 Å². The fraction of sp³-hybridized carbons (Fsp3) is 0.471. The second kappa shape index (κ2) is 7.55. The van der Waals surface area contributed by atoms with Crippen LogP contribution in [0.2, 0.25) is 0 Å². The summed E-state index contributed by atoms with van der Waals surface area (Å²) >= 11 is 0. The molecule has 2 aromatic rings. The lowest BCUT2D eigenvalue weighted by atomic mass is 10.3. The van der Waals surface area contributed by atoms with Gasteiger partial charge in [-0.3, -0.25) is 4.90 Å². The van der Waals surface area contributed by atoms with Crippen molar-refractivity contribution in [2.24, 2.45) is 0 Å². The summed E-state index contributed by atoms with van der Waals surface area (Å²) in [6.45, 7) is 6.22. The Morgan fingerprint density at radius 2 is 1.92 bits per heavy atom. The molecule has 0 N–H and O–H groups in total. The van der Waals surface area contributed by atoms with Gasteiger partial charge in [0.05, 0.1) is 12.0 Å². The number of aryl methyl sites for hydroxylation is 1. The molecule has 136 valence electrons. The van der Waals surface area contributed by atoms with Crippen LogP contribution in [-0.2, 0) is 16.6 Å². The Morgan fingerprint density at radius 1 is 1.16 bits per heavy atom. The fourth-order valence-corrected chi connectivity index (χ4v) is 4.45. The van der Waals surface area contributed by atoms with Crippen molar-refractivity contribution in [3.05, 3.63) is 42.5 Å². The molecule has 0 atom stereocenters. The minimum Gasteiger partial charge on any atom is -0.497 e. The molecule has 0 spiro atoms. The van der Waals surface area contributed by atoms with Gasteiger partial charge in [-0.1, -0.05) is 6.07 Å². The first-order valence-electron chi connectivity index (χ1n) is 8.35. The molecule has 1 aliphatic rings. The number of hydrogen-bond donors (Lipinski definition) is 0. The Balaban J connectivity index is 1.58. The van der Waals surface area contributed by atoms with Gasteiger partial charge in [0.1, 0.15) is 11.6 Å². The van der Waals surface area contributed by atoms with Gasteiger partial charge in [-0.25, -0.2) is 13.4 Å². The number of benzene rings is 1. The van der Waals surface area contributed by atoms with Crippen LogP contribution in [0.25, 0.3) is 0 Å². The molecule has 3 rings (SSSR count). The molecule has 1 aliphatic heterocycles. The Labute approximate surface area is 148 Å². The fourth-order valence-electron chi connectivity index (χ4n) is 2.99. The standard InChI is InChI=1S/C17H24N4O3S/c1-15-18-6-7-20(15)11-8-19-9-12-21(13-10-19)25(22,23)17-5-3-4-16(14-17)24-2/h3-7,14H,8-13H2,1-2H3. The molecule has 0 aliphatic carbocycles. The molecule has 0 bridgehead atoms. The molecule has 0 radical (unpaired) electrons. The van der Waals surface area contributed by atoms with Gasteiger partial charge >= 0.3 is 0 Å². The highest BCUT2D eigenvalue weighted by atomic mass is 32.2. The first-order chi connectivity index (χ1) is 12.0. The number of sulfonamides is 1. The zero-order valence-corrected chi connectivity index (χ0v) is 15.4. The number of piperazine rings is 1. The number of ether oxygens (including phenoxy) is 1. The van der Waals surface area contributed by atoms with Crippen LogP contribution >= 0.6 is 0 Å². The first kappa shape index (κ1) is 17.9. The quantitative estimate of drug-likeness (QED) is 0.771. The molecule has 7 nitrogen and oxygen atoms in total. The molecule has 8 heteroatoms. The largest absolute Gasteiger partial charge is 0.497 e. The van der Waals surface area contributed by atoms with Crippen LogP contribution in [0.1, 0.15) is 5.82 Å². The lowest BCUT2D eigenvalue weighted by Gasteiger charge is -2.34. The van der Waals surface area contributed by atoms with Gasteiger partial charge in [0.15, 0.2) is 0 Å². The summed E-state index contributed by atoms with van der Waals surface area (Å²) in [7, 11) is -1.94. The van der Waals surface area contributed by atoms with Crippen molar-refractivity contribution in [1.82, 2.24) is 18.8 Å². The van der Waals surface area contributed by atoms with Crippen molar-refractivity contribution in [2.75, 3.05) is 39.8 Å². The highest BCUT2D eigenvalue weighted by molar-refractivity contribution is 7.89. The summed E-state index contributed by atoms with van der Waals surface area (Å²) in [5.41, 5.74) is 0. The van der Waals surface area contributed by atoms with E-state index >= 15 is 0 Å². The number of methoxy groups -OCH3 is 1. The normalized spacial score (nSPS) is 16.9. The van der Waals surface area contributed by atoms with Crippen LogP contribution in [0.3, 0.4) is 0 Å². The van der Waals surface area contributed by atoms with Gasteiger partial charge in [-0.15, -0.1) is 0 Å². The summed E-state index contributed by atoms with van der Waals surface area (Å²) in [4.78, 5) is 6.79. The summed E-state index contributed by atoms with van der Waals surface area (Å²) in [6.07, 6.45) is 3.77.